The van der Waals surface area contributed by atoms with Crippen LogP contribution in [0.4, 0.5) is 24.5 Å². The summed E-state index contributed by atoms with van der Waals surface area (Å²) >= 11 is 0. The van der Waals surface area contributed by atoms with Crippen molar-refractivity contribution in [3.63, 3.8) is 0 Å². The largest absolute Gasteiger partial charge is 0.298 e. The lowest BCUT2D eigenvalue weighted by Gasteiger charge is -2.09. The first-order valence-corrected chi connectivity index (χ1v) is 5.84. The van der Waals surface area contributed by atoms with Crippen LogP contribution in [0.3, 0.4) is 0 Å². The zero-order valence-electron chi connectivity index (χ0n) is 10.8. The number of halogens is 3. The SMILES string of the molecule is O=C(NNc1cc(F)cc(F)c1)c1c(F)cccc1[N+](=O)[O-]. The maximum absolute atomic E-state index is 13.6. The van der Waals surface area contributed by atoms with Crippen LogP contribution in [-0.2, 0) is 0 Å². The van der Waals surface area contributed by atoms with Gasteiger partial charge < -0.3 is 0 Å². The molecule has 0 aliphatic heterocycles. The molecule has 1 amide bonds. The summed E-state index contributed by atoms with van der Waals surface area (Å²) in [5, 5.41) is 10.8. The topological polar surface area (TPSA) is 84.3 Å². The molecule has 9 heteroatoms. The predicted molar refractivity (Wildman–Crippen MR) is 70.5 cm³/mol. The third-order valence-corrected chi connectivity index (χ3v) is 2.60. The van der Waals surface area contributed by atoms with Crippen LogP contribution in [0.2, 0.25) is 0 Å². The Hall–Kier alpha value is -3.10. The molecule has 2 rings (SSSR count). The molecular formula is C13H8F3N3O3. The number of hydrogen-bond acceptors (Lipinski definition) is 4. The van der Waals surface area contributed by atoms with Gasteiger partial charge in [-0.1, -0.05) is 6.07 Å². The first-order chi connectivity index (χ1) is 10.4. The first kappa shape index (κ1) is 15.3. The highest BCUT2D eigenvalue weighted by molar-refractivity contribution is 5.98. The summed E-state index contributed by atoms with van der Waals surface area (Å²) < 4.78 is 39.5. The van der Waals surface area contributed by atoms with Gasteiger partial charge in [-0.25, -0.2) is 13.2 Å². The van der Waals surface area contributed by atoms with Crippen LogP contribution < -0.4 is 10.9 Å². The Kier molecular flexibility index (Phi) is 4.25. The molecule has 0 spiro atoms. The molecule has 0 atom stereocenters. The van der Waals surface area contributed by atoms with Crippen LogP contribution in [0.1, 0.15) is 10.4 Å². The summed E-state index contributed by atoms with van der Waals surface area (Å²) in [5.74, 6) is -4.05. The molecule has 0 radical (unpaired) electrons. The van der Waals surface area contributed by atoms with Gasteiger partial charge in [0, 0.05) is 12.1 Å². The fourth-order valence-corrected chi connectivity index (χ4v) is 1.71. The quantitative estimate of drug-likeness (QED) is 0.671. The standard InChI is InChI=1S/C13H8F3N3O3/c14-7-4-8(15)6-9(5-7)17-18-13(20)12-10(16)2-1-3-11(12)19(21)22/h1-6,17H,(H,18,20). The van der Waals surface area contributed by atoms with Crippen molar-refractivity contribution in [2.75, 3.05) is 5.43 Å². The van der Waals surface area contributed by atoms with E-state index in [2.05, 4.69) is 5.43 Å². The highest BCUT2D eigenvalue weighted by Gasteiger charge is 2.24. The Morgan fingerprint density at radius 3 is 2.32 bits per heavy atom. The fraction of sp³-hybridized carbons (Fsp3) is 0. The molecule has 6 nitrogen and oxygen atoms in total. The molecule has 0 unspecified atom stereocenters. The number of carbonyl (C=O) groups excluding carboxylic acids is 1. The molecule has 114 valence electrons. The number of nitrogens with one attached hydrogen (secondary N) is 2. The Morgan fingerprint density at radius 2 is 1.73 bits per heavy atom. The summed E-state index contributed by atoms with van der Waals surface area (Å²) in [6.45, 7) is 0. The van der Waals surface area contributed by atoms with Gasteiger partial charge in [0.15, 0.2) is 5.56 Å². The summed E-state index contributed by atoms with van der Waals surface area (Å²) in [4.78, 5) is 21.7. The molecule has 2 aromatic rings. The Bertz CT molecular complexity index is 732. The molecule has 0 saturated heterocycles. The number of amides is 1. The number of nitro benzene ring substituents is 1. The van der Waals surface area contributed by atoms with Crippen LogP contribution in [0, 0.1) is 27.6 Å². The smallest absolute Gasteiger partial charge is 0.285 e. The van der Waals surface area contributed by atoms with E-state index in [1.54, 1.807) is 0 Å². The van der Waals surface area contributed by atoms with Crippen molar-refractivity contribution >= 4 is 17.3 Å². The number of rotatable bonds is 4. The Balaban J connectivity index is 2.21. The molecule has 0 saturated carbocycles. The van der Waals surface area contributed by atoms with Gasteiger partial charge in [0.2, 0.25) is 0 Å². The third-order valence-electron chi connectivity index (χ3n) is 2.60. The third kappa shape index (κ3) is 3.32. The molecule has 0 fully saturated rings. The van der Waals surface area contributed by atoms with Gasteiger partial charge in [-0.05, 0) is 18.2 Å². The fourth-order valence-electron chi connectivity index (χ4n) is 1.71. The van der Waals surface area contributed by atoms with E-state index in [9.17, 15) is 28.1 Å². The molecule has 2 N–H and O–H groups in total. The van der Waals surface area contributed by atoms with Crippen LogP contribution in [-0.4, -0.2) is 10.8 Å². The number of carbonyl (C=O) groups is 1. The maximum Gasteiger partial charge on any atom is 0.285 e. The number of hydrazine groups is 1. The monoisotopic (exact) mass is 311 g/mol. The summed E-state index contributed by atoms with van der Waals surface area (Å²) in [5.41, 5.74) is 2.41. The summed E-state index contributed by atoms with van der Waals surface area (Å²) in [6.07, 6.45) is 0. The van der Waals surface area contributed by atoms with Gasteiger partial charge in [-0.3, -0.25) is 25.8 Å². The van der Waals surface area contributed by atoms with Crippen LogP contribution >= 0.6 is 0 Å². The van der Waals surface area contributed by atoms with Crippen molar-refractivity contribution in [3.8, 4) is 0 Å². The molecule has 0 aliphatic rings. The predicted octanol–water partition coefficient (Wildman–Crippen LogP) is 2.77. The molecule has 0 heterocycles. The summed E-state index contributed by atoms with van der Waals surface area (Å²) in [7, 11) is 0. The molecule has 22 heavy (non-hydrogen) atoms. The van der Waals surface area contributed by atoms with Gasteiger partial charge in [0.1, 0.15) is 17.5 Å². The minimum atomic E-state index is -1.16. The van der Waals surface area contributed by atoms with Gasteiger partial charge in [-0.15, -0.1) is 0 Å². The van der Waals surface area contributed by atoms with Gasteiger partial charge in [-0.2, -0.15) is 0 Å². The van der Waals surface area contributed by atoms with Crippen molar-refractivity contribution in [2.45, 2.75) is 0 Å². The average molecular weight is 311 g/mol. The van der Waals surface area contributed by atoms with E-state index in [1.807, 2.05) is 5.43 Å². The molecule has 2 aromatic carbocycles. The molecule has 0 aromatic heterocycles. The molecular weight excluding hydrogens is 303 g/mol. The van der Waals surface area contributed by atoms with Crippen LogP contribution in [0.25, 0.3) is 0 Å². The van der Waals surface area contributed by atoms with Crippen LogP contribution in [0.5, 0.6) is 0 Å². The first-order valence-electron chi connectivity index (χ1n) is 5.84. The molecule has 0 aliphatic carbocycles. The van der Waals surface area contributed by atoms with E-state index < -0.39 is 39.5 Å². The van der Waals surface area contributed by atoms with Gasteiger partial charge >= 0.3 is 0 Å². The number of hydrogen-bond donors (Lipinski definition) is 2. The van der Waals surface area contributed by atoms with E-state index in [4.69, 9.17) is 0 Å². The van der Waals surface area contributed by atoms with E-state index in [0.717, 1.165) is 30.3 Å². The van der Waals surface area contributed by atoms with E-state index >= 15 is 0 Å². The second kappa shape index (κ2) is 6.12. The van der Waals surface area contributed by atoms with E-state index in [1.165, 1.54) is 0 Å². The average Bonchev–Trinajstić information content (AvgIpc) is 2.43. The minimum Gasteiger partial charge on any atom is -0.298 e. The second-order valence-electron chi connectivity index (χ2n) is 4.13. The number of nitrogens with zero attached hydrogens (tertiary/aromatic N) is 1. The second-order valence-corrected chi connectivity index (χ2v) is 4.13. The number of anilines is 1. The molecule has 0 bridgehead atoms. The van der Waals surface area contributed by atoms with Crippen molar-refractivity contribution in [1.82, 2.24) is 5.43 Å². The normalized spacial score (nSPS) is 10.1. The lowest BCUT2D eigenvalue weighted by molar-refractivity contribution is -0.385. The van der Waals surface area contributed by atoms with Crippen LogP contribution in [0.15, 0.2) is 36.4 Å². The zero-order chi connectivity index (χ0) is 16.3. The van der Waals surface area contributed by atoms with Gasteiger partial charge in [0.25, 0.3) is 11.6 Å². The van der Waals surface area contributed by atoms with Crippen molar-refractivity contribution in [3.05, 3.63) is 69.5 Å². The maximum atomic E-state index is 13.6. The Labute approximate surface area is 121 Å². The van der Waals surface area contributed by atoms with Crippen molar-refractivity contribution in [2.24, 2.45) is 0 Å². The number of nitro groups is 1. The van der Waals surface area contributed by atoms with E-state index in [0.29, 0.717) is 6.07 Å². The van der Waals surface area contributed by atoms with Gasteiger partial charge in [0.05, 0.1) is 10.6 Å². The van der Waals surface area contributed by atoms with E-state index in [-0.39, 0.29) is 5.69 Å². The minimum absolute atomic E-state index is 0.148. The summed E-state index contributed by atoms with van der Waals surface area (Å²) in [6, 6.07) is 5.29. The lowest BCUT2D eigenvalue weighted by Crippen LogP contribution is -2.30. The highest BCUT2D eigenvalue weighted by atomic mass is 19.1. The Morgan fingerprint density at radius 1 is 1.09 bits per heavy atom. The highest BCUT2D eigenvalue weighted by Crippen LogP contribution is 2.21. The van der Waals surface area contributed by atoms with Crippen molar-refractivity contribution < 1.29 is 22.9 Å². The van der Waals surface area contributed by atoms with Crippen molar-refractivity contribution in [1.29, 1.82) is 0 Å². The lowest BCUT2D eigenvalue weighted by atomic mass is 10.1. The number of benzene rings is 2. The zero-order valence-corrected chi connectivity index (χ0v) is 10.8.